The van der Waals surface area contributed by atoms with Crippen molar-refractivity contribution in [1.29, 1.82) is 0 Å². The molecule has 0 aliphatic carbocycles. The maximum atomic E-state index is 10.7. The molecule has 0 heterocycles. The molecule has 0 radical (unpaired) electrons. The Morgan fingerprint density at radius 1 is 1.24 bits per heavy atom. The summed E-state index contributed by atoms with van der Waals surface area (Å²) in [6, 6.07) is 7.01. The van der Waals surface area contributed by atoms with Gasteiger partial charge in [-0.1, -0.05) is 31.8 Å². The summed E-state index contributed by atoms with van der Waals surface area (Å²) in [4.78, 5) is 10.7. The molecule has 0 amide bonds. The summed E-state index contributed by atoms with van der Waals surface area (Å²) in [6.45, 7) is 6.67. The molecular weight excluding hydrogens is 228 g/mol. The van der Waals surface area contributed by atoms with E-state index in [0.717, 1.165) is 18.4 Å². The smallest absolute Gasteiger partial charge is 0.335 e. The monoisotopic (exact) mass is 246 g/mol. The number of carboxylic acid groups (broad SMARTS) is 1. The van der Waals surface area contributed by atoms with E-state index >= 15 is 0 Å². The van der Waals surface area contributed by atoms with Gasteiger partial charge in [-0.15, -0.1) is 11.5 Å². The van der Waals surface area contributed by atoms with Crippen molar-refractivity contribution in [3.63, 3.8) is 0 Å². The SMILES string of the molecule is C[Si](C)(C)C#CCCc1ccc(C(=O)O)cc1. The lowest BCUT2D eigenvalue weighted by Gasteiger charge is -2.03. The Kier molecular flexibility index (Phi) is 4.53. The van der Waals surface area contributed by atoms with Crippen molar-refractivity contribution in [2.75, 3.05) is 0 Å². The van der Waals surface area contributed by atoms with E-state index in [1.54, 1.807) is 12.1 Å². The molecule has 0 aliphatic rings. The zero-order chi connectivity index (χ0) is 12.9. The quantitative estimate of drug-likeness (QED) is 0.657. The third kappa shape index (κ3) is 5.37. The molecule has 0 bridgehead atoms. The van der Waals surface area contributed by atoms with E-state index in [-0.39, 0.29) is 0 Å². The number of carboxylic acids is 1. The van der Waals surface area contributed by atoms with Crippen molar-refractivity contribution in [3.8, 4) is 11.5 Å². The van der Waals surface area contributed by atoms with Crippen LogP contribution in [-0.4, -0.2) is 19.1 Å². The third-order valence-electron chi connectivity index (χ3n) is 2.20. The summed E-state index contributed by atoms with van der Waals surface area (Å²) < 4.78 is 0. The van der Waals surface area contributed by atoms with Gasteiger partial charge in [0.2, 0.25) is 0 Å². The summed E-state index contributed by atoms with van der Waals surface area (Å²) in [6.07, 6.45) is 1.73. The maximum absolute atomic E-state index is 10.7. The van der Waals surface area contributed by atoms with Crippen LogP contribution in [0.25, 0.3) is 0 Å². The standard InChI is InChI=1S/C14H18O2Si/c1-17(2,3)11-5-4-6-12-7-9-13(10-8-12)14(15)16/h7-10H,4,6H2,1-3H3,(H,15,16). The maximum Gasteiger partial charge on any atom is 0.335 e. The van der Waals surface area contributed by atoms with Gasteiger partial charge in [-0.2, -0.15) is 0 Å². The van der Waals surface area contributed by atoms with Crippen LogP contribution in [0.3, 0.4) is 0 Å². The van der Waals surface area contributed by atoms with Gasteiger partial charge in [0.1, 0.15) is 8.07 Å². The van der Waals surface area contributed by atoms with Crippen molar-refractivity contribution < 1.29 is 9.90 Å². The second-order valence-electron chi connectivity index (χ2n) is 5.05. The highest BCUT2D eigenvalue weighted by Gasteiger charge is 2.07. The Balaban J connectivity index is 2.53. The molecule has 0 aliphatic heterocycles. The summed E-state index contributed by atoms with van der Waals surface area (Å²) in [5, 5.41) is 8.76. The predicted molar refractivity (Wildman–Crippen MR) is 72.8 cm³/mol. The fourth-order valence-electron chi connectivity index (χ4n) is 1.35. The average molecular weight is 246 g/mol. The Bertz CT molecular complexity index is 444. The van der Waals surface area contributed by atoms with Gasteiger partial charge in [-0.3, -0.25) is 0 Å². The van der Waals surface area contributed by atoms with Crippen LogP contribution in [0.1, 0.15) is 22.3 Å². The molecule has 1 N–H and O–H groups in total. The third-order valence-corrected chi connectivity index (χ3v) is 3.13. The van der Waals surface area contributed by atoms with Crippen molar-refractivity contribution in [2.45, 2.75) is 32.5 Å². The van der Waals surface area contributed by atoms with E-state index in [4.69, 9.17) is 5.11 Å². The molecule has 0 atom stereocenters. The highest BCUT2D eigenvalue weighted by Crippen LogP contribution is 2.06. The summed E-state index contributed by atoms with van der Waals surface area (Å²) in [5.74, 6) is 2.33. The number of carbonyl (C=O) groups is 1. The summed E-state index contributed by atoms with van der Waals surface area (Å²) >= 11 is 0. The van der Waals surface area contributed by atoms with E-state index in [0.29, 0.717) is 5.56 Å². The van der Waals surface area contributed by atoms with Gasteiger partial charge in [0.15, 0.2) is 0 Å². The van der Waals surface area contributed by atoms with Gasteiger partial charge >= 0.3 is 5.97 Å². The first-order chi connectivity index (χ1) is 7.88. The highest BCUT2D eigenvalue weighted by atomic mass is 28.3. The second-order valence-corrected chi connectivity index (χ2v) is 9.80. The lowest BCUT2D eigenvalue weighted by atomic mass is 10.1. The van der Waals surface area contributed by atoms with E-state index < -0.39 is 14.0 Å². The molecule has 0 spiro atoms. The molecule has 17 heavy (non-hydrogen) atoms. The molecule has 3 heteroatoms. The van der Waals surface area contributed by atoms with Gasteiger partial charge in [0.05, 0.1) is 5.56 Å². The van der Waals surface area contributed by atoms with Gasteiger partial charge < -0.3 is 5.11 Å². The minimum Gasteiger partial charge on any atom is -0.478 e. The molecule has 2 nitrogen and oxygen atoms in total. The Hall–Kier alpha value is -1.53. The first kappa shape index (κ1) is 13.5. The number of hydrogen-bond donors (Lipinski definition) is 1. The molecule has 0 aromatic heterocycles. The number of rotatable bonds is 3. The van der Waals surface area contributed by atoms with Crippen molar-refractivity contribution in [1.82, 2.24) is 0 Å². The average Bonchev–Trinajstić information content (AvgIpc) is 2.24. The summed E-state index contributed by atoms with van der Waals surface area (Å²) in [7, 11) is -1.26. The molecule has 0 unspecified atom stereocenters. The zero-order valence-corrected chi connectivity index (χ0v) is 11.6. The van der Waals surface area contributed by atoms with Gasteiger partial charge in [0, 0.05) is 6.42 Å². The fourth-order valence-corrected chi connectivity index (χ4v) is 2.00. The van der Waals surface area contributed by atoms with Crippen LogP contribution >= 0.6 is 0 Å². The number of benzene rings is 1. The Labute approximate surface area is 104 Å². The molecule has 90 valence electrons. The first-order valence-corrected chi connectivity index (χ1v) is 9.21. The largest absolute Gasteiger partial charge is 0.478 e. The minimum atomic E-state index is -1.26. The van der Waals surface area contributed by atoms with Gasteiger partial charge in [0.25, 0.3) is 0 Å². The Morgan fingerprint density at radius 2 is 1.82 bits per heavy atom. The van der Waals surface area contributed by atoms with Gasteiger partial charge in [-0.05, 0) is 24.1 Å². The van der Waals surface area contributed by atoms with E-state index in [9.17, 15) is 4.79 Å². The van der Waals surface area contributed by atoms with E-state index in [1.807, 2.05) is 12.1 Å². The lowest BCUT2D eigenvalue weighted by molar-refractivity contribution is 0.0697. The van der Waals surface area contributed by atoms with Crippen molar-refractivity contribution in [2.24, 2.45) is 0 Å². The second kappa shape index (κ2) is 5.69. The van der Waals surface area contributed by atoms with Crippen molar-refractivity contribution >= 4 is 14.0 Å². The molecule has 1 aromatic carbocycles. The Morgan fingerprint density at radius 3 is 2.29 bits per heavy atom. The zero-order valence-electron chi connectivity index (χ0n) is 10.6. The lowest BCUT2D eigenvalue weighted by Crippen LogP contribution is -2.16. The van der Waals surface area contributed by atoms with Gasteiger partial charge in [-0.25, -0.2) is 4.79 Å². The fraction of sp³-hybridized carbons (Fsp3) is 0.357. The minimum absolute atomic E-state index is 0.335. The number of aromatic carboxylic acids is 1. The highest BCUT2D eigenvalue weighted by molar-refractivity contribution is 6.83. The topological polar surface area (TPSA) is 37.3 Å². The van der Waals surface area contributed by atoms with Crippen LogP contribution < -0.4 is 0 Å². The van der Waals surface area contributed by atoms with Crippen LogP contribution in [0.15, 0.2) is 24.3 Å². The number of aryl methyl sites for hydroxylation is 1. The van der Waals surface area contributed by atoms with Crippen LogP contribution in [0.2, 0.25) is 19.6 Å². The van der Waals surface area contributed by atoms with Crippen LogP contribution in [0.5, 0.6) is 0 Å². The molecule has 1 rings (SSSR count). The van der Waals surface area contributed by atoms with Crippen LogP contribution in [0, 0.1) is 11.5 Å². The molecular formula is C14H18O2Si. The van der Waals surface area contributed by atoms with Crippen LogP contribution in [0.4, 0.5) is 0 Å². The normalized spacial score (nSPS) is 10.5. The first-order valence-electron chi connectivity index (χ1n) is 5.71. The molecule has 1 aromatic rings. The van der Waals surface area contributed by atoms with Crippen LogP contribution in [-0.2, 0) is 6.42 Å². The summed E-state index contributed by atoms with van der Waals surface area (Å²) in [5.41, 5.74) is 4.79. The molecule has 0 saturated carbocycles. The molecule has 0 fully saturated rings. The van der Waals surface area contributed by atoms with E-state index in [1.165, 1.54) is 0 Å². The van der Waals surface area contributed by atoms with Crippen molar-refractivity contribution in [3.05, 3.63) is 35.4 Å². The van der Waals surface area contributed by atoms with E-state index in [2.05, 4.69) is 31.1 Å². The predicted octanol–water partition coefficient (Wildman–Crippen LogP) is 3.20. The molecule has 0 saturated heterocycles. The number of hydrogen-bond acceptors (Lipinski definition) is 1.